The van der Waals surface area contributed by atoms with E-state index in [0.29, 0.717) is 6.54 Å². The van der Waals surface area contributed by atoms with Gasteiger partial charge in [-0.15, -0.1) is 0 Å². The lowest BCUT2D eigenvalue weighted by Crippen LogP contribution is -3.28. The molecule has 1 fully saturated rings. The molecule has 0 unspecified atom stereocenters. The molecule has 0 bridgehead atoms. The zero-order valence-electron chi connectivity index (χ0n) is 15.6. The number of rotatable bonds is 5. The number of piperazine rings is 1. The fourth-order valence-electron chi connectivity index (χ4n) is 3.56. The van der Waals surface area contributed by atoms with E-state index in [1.807, 2.05) is 25.1 Å². The molecule has 1 heterocycles. The molecule has 0 radical (unpaired) electrons. The summed E-state index contributed by atoms with van der Waals surface area (Å²) in [5, 5.41) is 3.03. The van der Waals surface area contributed by atoms with Crippen LogP contribution in [0.25, 0.3) is 0 Å². The van der Waals surface area contributed by atoms with Gasteiger partial charge in [0.1, 0.15) is 32.7 Å². The van der Waals surface area contributed by atoms with Gasteiger partial charge in [-0.3, -0.25) is 4.79 Å². The van der Waals surface area contributed by atoms with Gasteiger partial charge in [-0.25, -0.2) is 0 Å². The van der Waals surface area contributed by atoms with E-state index in [1.54, 1.807) is 4.90 Å². The Morgan fingerprint density at radius 3 is 2.38 bits per heavy atom. The monoisotopic (exact) mass is 417 g/mol. The Bertz CT molecular complexity index is 770. The molecule has 1 amide bonds. The Hall–Kier alpha value is -1.69. The first-order valence-electron chi connectivity index (χ1n) is 9.28. The number of nitrogens with one attached hydrogen (secondary N) is 3. The molecular formula is C21H28BrN3O+2. The molecule has 0 saturated carbocycles. The summed E-state index contributed by atoms with van der Waals surface area (Å²) in [5.41, 5.74) is 4.76. The molecule has 2 aromatic carbocycles. The number of halogens is 1. The molecule has 0 spiro atoms. The summed E-state index contributed by atoms with van der Waals surface area (Å²) in [4.78, 5) is 15.4. The minimum absolute atomic E-state index is 0.0895. The topological polar surface area (TPSA) is 38.0 Å². The van der Waals surface area contributed by atoms with Crippen LogP contribution in [0.15, 0.2) is 46.9 Å². The van der Waals surface area contributed by atoms with Crippen LogP contribution in [0, 0.1) is 13.8 Å². The van der Waals surface area contributed by atoms with E-state index in [9.17, 15) is 4.79 Å². The maximum absolute atomic E-state index is 12.4. The van der Waals surface area contributed by atoms with Crippen molar-refractivity contribution in [2.24, 2.45) is 0 Å². The lowest BCUT2D eigenvalue weighted by molar-refractivity contribution is -1.02. The van der Waals surface area contributed by atoms with Gasteiger partial charge in [0.2, 0.25) is 0 Å². The SMILES string of the molecule is Cc1cccc(C[NH+]2CC[NH+](CC(=O)Nc3ccc(C)cc3Br)CC2)c1. The first kappa shape index (κ1) is 19.1. The smallest absolute Gasteiger partial charge is 0.279 e. The molecule has 0 atom stereocenters. The summed E-state index contributed by atoms with van der Waals surface area (Å²) >= 11 is 3.52. The third-order valence-corrected chi connectivity index (χ3v) is 5.67. The average molecular weight is 418 g/mol. The second kappa shape index (κ2) is 8.80. The molecule has 3 N–H and O–H groups in total. The maximum Gasteiger partial charge on any atom is 0.279 e. The zero-order chi connectivity index (χ0) is 18.5. The summed E-state index contributed by atoms with van der Waals surface area (Å²) in [6.07, 6.45) is 0. The lowest BCUT2D eigenvalue weighted by Gasteiger charge is -2.29. The second-order valence-electron chi connectivity index (χ2n) is 7.37. The Balaban J connectivity index is 1.45. The molecule has 0 aromatic heterocycles. The second-order valence-corrected chi connectivity index (χ2v) is 8.23. The van der Waals surface area contributed by atoms with Crippen molar-refractivity contribution < 1.29 is 14.6 Å². The van der Waals surface area contributed by atoms with Crippen molar-refractivity contribution in [3.63, 3.8) is 0 Å². The van der Waals surface area contributed by atoms with E-state index >= 15 is 0 Å². The first-order chi connectivity index (χ1) is 12.5. The normalized spacial score (nSPS) is 20.0. The zero-order valence-corrected chi connectivity index (χ0v) is 17.2. The van der Waals surface area contributed by atoms with Crippen molar-refractivity contribution in [1.82, 2.24) is 0 Å². The number of hydrogen-bond acceptors (Lipinski definition) is 1. The number of aryl methyl sites for hydroxylation is 2. The standard InChI is InChI=1S/C21H26BrN3O/c1-16-4-3-5-18(12-16)14-24-8-10-25(11-9-24)15-21(26)23-20-7-6-17(2)13-19(20)22/h3-7,12-13H,8-11,14-15H2,1-2H3,(H,23,26)/p+2. The Morgan fingerprint density at radius 2 is 1.69 bits per heavy atom. The van der Waals surface area contributed by atoms with Crippen LogP contribution in [0.1, 0.15) is 16.7 Å². The van der Waals surface area contributed by atoms with Gasteiger partial charge in [-0.2, -0.15) is 0 Å². The average Bonchev–Trinajstić information content (AvgIpc) is 2.59. The fourth-order valence-corrected chi connectivity index (χ4v) is 4.16. The van der Waals surface area contributed by atoms with E-state index in [0.717, 1.165) is 42.9 Å². The molecule has 1 aliphatic rings. The van der Waals surface area contributed by atoms with Crippen molar-refractivity contribution in [3.05, 3.63) is 63.6 Å². The quantitative estimate of drug-likeness (QED) is 0.666. The van der Waals surface area contributed by atoms with Crippen LogP contribution in [0.2, 0.25) is 0 Å². The van der Waals surface area contributed by atoms with Gasteiger partial charge in [0.15, 0.2) is 6.54 Å². The van der Waals surface area contributed by atoms with Gasteiger partial charge in [-0.1, -0.05) is 35.9 Å². The minimum atomic E-state index is 0.0895. The van der Waals surface area contributed by atoms with Crippen LogP contribution in [0.5, 0.6) is 0 Å². The number of anilines is 1. The molecule has 3 rings (SSSR count). The van der Waals surface area contributed by atoms with E-state index in [1.165, 1.54) is 21.6 Å². The molecule has 5 heteroatoms. The number of amides is 1. The number of benzene rings is 2. The van der Waals surface area contributed by atoms with Crippen LogP contribution >= 0.6 is 15.9 Å². The Labute approximate surface area is 164 Å². The summed E-state index contributed by atoms with van der Waals surface area (Å²) < 4.78 is 0.938. The van der Waals surface area contributed by atoms with Crippen molar-refractivity contribution in [2.75, 3.05) is 38.0 Å². The summed E-state index contributed by atoms with van der Waals surface area (Å²) in [6.45, 7) is 10.1. The first-order valence-corrected chi connectivity index (χ1v) is 10.1. The molecule has 1 aliphatic heterocycles. The Morgan fingerprint density at radius 1 is 1.00 bits per heavy atom. The van der Waals surface area contributed by atoms with Gasteiger partial charge in [-0.05, 0) is 47.5 Å². The third kappa shape index (κ3) is 5.40. The van der Waals surface area contributed by atoms with Crippen LogP contribution in [0.3, 0.4) is 0 Å². The van der Waals surface area contributed by atoms with Gasteiger partial charge in [0, 0.05) is 10.0 Å². The van der Waals surface area contributed by atoms with Gasteiger partial charge in [0.05, 0.1) is 5.69 Å². The molecular weight excluding hydrogens is 390 g/mol. The van der Waals surface area contributed by atoms with E-state index < -0.39 is 0 Å². The third-order valence-electron chi connectivity index (χ3n) is 5.01. The van der Waals surface area contributed by atoms with Gasteiger partial charge in [0.25, 0.3) is 5.91 Å². The molecule has 2 aromatic rings. The van der Waals surface area contributed by atoms with Crippen LogP contribution in [-0.4, -0.2) is 38.6 Å². The number of carbonyl (C=O) groups is 1. The number of quaternary nitrogens is 2. The molecule has 138 valence electrons. The van der Waals surface area contributed by atoms with E-state index in [-0.39, 0.29) is 5.91 Å². The lowest BCUT2D eigenvalue weighted by atomic mass is 10.1. The molecule has 1 saturated heterocycles. The fraction of sp³-hybridized carbons (Fsp3) is 0.381. The largest absolute Gasteiger partial charge is 0.322 e. The van der Waals surface area contributed by atoms with E-state index in [2.05, 4.69) is 52.4 Å². The highest BCUT2D eigenvalue weighted by Gasteiger charge is 2.25. The molecule has 0 aliphatic carbocycles. The highest BCUT2D eigenvalue weighted by atomic mass is 79.9. The summed E-state index contributed by atoms with van der Waals surface area (Å²) in [5.74, 6) is 0.0895. The highest BCUT2D eigenvalue weighted by molar-refractivity contribution is 9.10. The molecule has 26 heavy (non-hydrogen) atoms. The van der Waals surface area contributed by atoms with E-state index in [4.69, 9.17) is 0 Å². The number of hydrogen-bond donors (Lipinski definition) is 3. The minimum Gasteiger partial charge on any atom is -0.322 e. The Kier molecular flexibility index (Phi) is 6.46. The van der Waals surface area contributed by atoms with Crippen LogP contribution in [-0.2, 0) is 11.3 Å². The van der Waals surface area contributed by atoms with Crippen molar-refractivity contribution in [3.8, 4) is 0 Å². The van der Waals surface area contributed by atoms with Crippen molar-refractivity contribution >= 4 is 27.5 Å². The van der Waals surface area contributed by atoms with Crippen molar-refractivity contribution in [1.29, 1.82) is 0 Å². The van der Waals surface area contributed by atoms with Crippen molar-refractivity contribution in [2.45, 2.75) is 20.4 Å². The van der Waals surface area contributed by atoms with Gasteiger partial charge < -0.3 is 15.1 Å². The molecule has 4 nitrogen and oxygen atoms in total. The summed E-state index contributed by atoms with van der Waals surface area (Å²) in [7, 11) is 0. The predicted molar refractivity (Wildman–Crippen MR) is 109 cm³/mol. The van der Waals surface area contributed by atoms with Crippen LogP contribution < -0.4 is 15.1 Å². The maximum atomic E-state index is 12.4. The number of carbonyl (C=O) groups excluding carboxylic acids is 1. The van der Waals surface area contributed by atoms with Crippen LogP contribution in [0.4, 0.5) is 5.69 Å². The summed E-state index contributed by atoms with van der Waals surface area (Å²) in [6, 6.07) is 14.8. The highest BCUT2D eigenvalue weighted by Crippen LogP contribution is 2.22. The predicted octanol–water partition coefficient (Wildman–Crippen LogP) is 0.988. The van der Waals surface area contributed by atoms with Gasteiger partial charge >= 0.3 is 0 Å².